The van der Waals surface area contributed by atoms with Crippen LogP contribution in [-0.4, -0.2) is 4.98 Å². The number of aromatic nitrogens is 1. The fourth-order valence-electron chi connectivity index (χ4n) is 1.31. The smallest absolute Gasteiger partial charge is 0.0450 e. The van der Waals surface area contributed by atoms with Crippen molar-refractivity contribution in [3.05, 3.63) is 41.2 Å². The lowest BCUT2D eigenvalue weighted by atomic mass is 10.1. The van der Waals surface area contributed by atoms with E-state index in [4.69, 9.17) is 0 Å². The van der Waals surface area contributed by atoms with Crippen LogP contribution in [0.2, 0.25) is 0 Å². The SMILES string of the molecule is C/C=C\c1ccnc(C)c1/C=C\C. The number of nitrogens with zero attached hydrogens (tertiary/aromatic N) is 1. The lowest BCUT2D eigenvalue weighted by molar-refractivity contribution is 1.18. The first-order valence-corrected chi connectivity index (χ1v) is 4.50. The van der Waals surface area contributed by atoms with Crippen LogP contribution in [-0.2, 0) is 0 Å². The molecule has 0 atom stereocenters. The van der Waals surface area contributed by atoms with Crippen LogP contribution in [0.4, 0.5) is 0 Å². The molecule has 1 heteroatoms. The maximum absolute atomic E-state index is 4.26. The van der Waals surface area contributed by atoms with E-state index in [1.807, 2.05) is 45.2 Å². The maximum Gasteiger partial charge on any atom is 0.0450 e. The first kappa shape index (κ1) is 9.72. The number of hydrogen-bond acceptors (Lipinski definition) is 1. The molecule has 0 saturated carbocycles. The fourth-order valence-corrected chi connectivity index (χ4v) is 1.31. The number of aryl methyl sites for hydroxylation is 1. The summed E-state index contributed by atoms with van der Waals surface area (Å²) in [6.45, 7) is 6.07. The molecule has 0 unspecified atom stereocenters. The zero-order valence-corrected chi connectivity index (χ0v) is 8.41. The molecule has 1 nitrogen and oxygen atoms in total. The Hall–Kier alpha value is -1.37. The lowest BCUT2D eigenvalue weighted by Crippen LogP contribution is -1.89. The van der Waals surface area contributed by atoms with Crippen LogP contribution >= 0.6 is 0 Å². The molecule has 0 amide bonds. The monoisotopic (exact) mass is 173 g/mol. The second-order valence-electron chi connectivity index (χ2n) is 2.90. The molecule has 0 aromatic carbocycles. The average molecular weight is 173 g/mol. The first-order chi connectivity index (χ1) is 6.29. The minimum absolute atomic E-state index is 1.08. The number of rotatable bonds is 2. The molecule has 0 spiro atoms. The third-order valence-electron chi connectivity index (χ3n) is 1.90. The minimum Gasteiger partial charge on any atom is -0.261 e. The second kappa shape index (κ2) is 4.61. The van der Waals surface area contributed by atoms with Crippen molar-refractivity contribution in [1.29, 1.82) is 0 Å². The molecule has 0 aliphatic rings. The van der Waals surface area contributed by atoms with Gasteiger partial charge in [0.25, 0.3) is 0 Å². The Morgan fingerprint density at radius 3 is 2.46 bits per heavy atom. The molecule has 0 saturated heterocycles. The number of pyridine rings is 1. The van der Waals surface area contributed by atoms with E-state index in [2.05, 4.69) is 17.1 Å². The van der Waals surface area contributed by atoms with Gasteiger partial charge >= 0.3 is 0 Å². The summed E-state index contributed by atoms with van der Waals surface area (Å²) in [5.41, 5.74) is 3.52. The molecule has 1 aromatic rings. The van der Waals surface area contributed by atoms with Crippen molar-refractivity contribution in [2.24, 2.45) is 0 Å². The number of hydrogen-bond donors (Lipinski definition) is 0. The van der Waals surface area contributed by atoms with Crippen LogP contribution in [0.15, 0.2) is 24.4 Å². The highest BCUT2D eigenvalue weighted by molar-refractivity contribution is 5.66. The molecular weight excluding hydrogens is 158 g/mol. The summed E-state index contributed by atoms with van der Waals surface area (Å²) < 4.78 is 0. The third kappa shape index (κ3) is 2.28. The molecular formula is C12H15N. The Kier molecular flexibility index (Phi) is 3.44. The normalized spacial score (nSPS) is 11.6. The molecule has 0 N–H and O–H groups in total. The van der Waals surface area contributed by atoms with Crippen molar-refractivity contribution in [3.8, 4) is 0 Å². The Bertz CT molecular complexity index is 335. The van der Waals surface area contributed by atoms with Crippen LogP contribution in [0.3, 0.4) is 0 Å². The molecule has 68 valence electrons. The highest BCUT2D eigenvalue weighted by Crippen LogP contribution is 2.15. The van der Waals surface area contributed by atoms with Gasteiger partial charge in [-0.1, -0.05) is 24.3 Å². The van der Waals surface area contributed by atoms with Crippen LogP contribution < -0.4 is 0 Å². The molecule has 1 rings (SSSR count). The van der Waals surface area contributed by atoms with Gasteiger partial charge in [-0.05, 0) is 32.4 Å². The molecule has 1 aromatic heterocycles. The zero-order valence-electron chi connectivity index (χ0n) is 8.41. The van der Waals surface area contributed by atoms with Crippen molar-refractivity contribution in [3.63, 3.8) is 0 Å². The first-order valence-electron chi connectivity index (χ1n) is 4.50. The van der Waals surface area contributed by atoms with Gasteiger partial charge in [-0.25, -0.2) is 0 Å². The average Bonchev–Trinajstić information content (AvgIpc) is 2.11. The van der Waals surface area contributed by atoms with E-state index in [-0.39, 0.29) is 0 Å². The molecule has 0 aliphatic carbocycles. The van der Waals surface area contributed by atoms with Crippen LogP contribution in [0.25, 0.3) is 12.2 Å². The Morgan fingerprint density at radius 1 is 1.15 bits per heavy atom. The Morgan fingerprint density at radius 2 is 1.85 bits per heavy atom. The standard InChI is InChI=1S/C12H15N/c1-4-6-11-8-9-13-10(3)12(11)7-5-2/h4-9H,1-3H3/b6-4-,7-5-. The summed E-state index contributed by atoms with van der Waals surface area (Å²) in [4.78, 5) is 4.26. The van der Waals surface area contributed by atoms with Gasteiger partial charge in [0.1, 0.15) is 0 Å². The largest absolute Gasteiger partial charge is 0.261 e. The van der Waals surface area contributed by atoms with E-state index in [0.717, 1.165) is 5.69 Å². The van der Waals surface area contributed by atoms with Crippen LogP contribution in [0.5, 0.6) is 0 Å². The lowest BCUT2D eigenvalue weighted by Gasteiger charge is -2.03. The molecule has 0 radical (unpaired) electrons. The summed E-state index contributed by atoms with van der Waals surface area (Å²) in [5.74, 6) is 0. The maximum atomic E-state index is 4.26. The molecule has 13 heavy (non-hydrogen) atoms. The van der Waals surface area contributed by atoms with Crippen molar-refractivity contribution in [2.45, 2.75) is 20.8 Å². The van der Waals surface area contributed by atoms with E-state index in [0.29, 0.717) is 0 Å². The van der Waals surface area contributed by atoms with Crippen molar-refractivity contribution < 1.29 is 0 Å². The second-order valence-corrected chi connectivity index (χ2v) is 2.90. The topological polar surface area (TPSA) is 12.9 Å². The molecule has 0 fully saturated rings. The van der Waals surface area contributed by atoms with E-state index < -0.39 is 0 Å². The molecule has 1 heterocycles. The van der Waals surface area contributed by atoms with E-state index in [1.165, 1.54) is 11.1 Å². The van der Waals surface area contributed by atoms with Gasteiger partial charge in [0, 0.05) is 17.5 Å². The van der Waals surface area contributed by atoms with Gasteiger partial charge in [-0.15, -0.1) is 0 Å². The highest BCUT2D eigenvalue weighted by Gasteiger charge is 1.98. The van der Waals surface area contributed by atoms with E-state index in [9.17, 15) is 0 Å². The summed E-state index contributed by atoms with van der Waals surface area (Å²) in [5, 5.41) is 0. The Labute approximate surface area is 79.8 Å². The van der Waals surface area contributed by atoms with Crippen molar-refractivity contribution >= 4 is 12.2 Å². The predicted octanol–water partition coefficient (Wildman–Crippen LogP) is 3.46. The van der Waals surface area contributed by atoms with Crippen LogP contribution in [0, 0.1) is 6.92 Å². The van der Waals surface area contributed by atoms with Crippen LogP contribution in [0.1, 0.15) is 30.7 Å². The van der Waals surface area contributed by atoms with Gasteiger partial charge in [-0.2, -0.15) is 0 Å². The number of allylic oxidation sites excluding steroid dienone is 2. The summed E-state index contributed by atoms with van der Waals surface area (Å²) in [6, 6.07) is 2.03. The zero-order chi connectivity index (χ0) is 9.68. The van der Waals surface area contributed by atoms with Gasteiger partial charge < -0.3 is 0 Å². The molecule has 0 bridgehead atoms. The Balaban J connectivity index is 3.25. The predicted molar refractivity (Wildman–Crippen MR) is 58.4 cm³/mol. The highest BCUT2D eigenvalue weighted by atomic mass is 14.7. The summed E-state index contributed by atoms with van der Waals surface area (Å²) >= 11 is 0. The molecule has 0 aliphatic heterocycles. The third-order valence-corrected chi connectivity index (χ3v) is 1.90. The summed E-state index contributed by atoms with van der Waals surface area (Å²) in [7, 11) is 0. The van der Waals surface area contributed by atoms with E-state index in [1.54, 1.807) is 0 Å². The minimum atomic E-state index is 1.08. The van der Waals surface area contributed by atoms with Crippen molar-refractivity contribution in [2.75, 3.05) is 0 Å². The van der Waals surface area contributed by atoms with Gasteiger partial charge in [-0.3, -0.25) is 4.98 Å². The summed E-state index contributed by atoms with van der Waals surface area (Å²) in [6.07, 6.45) is 10.1. The van der Waals surface area contributed by atoms with E-state index >= 15 is 0 Å². The van der Waals surface area contributed by atoms with Gasteiger partial charge in [0.2, 0.25) is 0 Å². The van der Waals surface area contributed by atoms with Gasteiger partial charge in [0.05, 0.1) is 0 Å². The van der Waals surface area contributed by atoms with Gasteiger partial charge in [0.15, 0.2) is 0 Å². The fraction of sp³-hybridized carbons (Fsp3) is 0.250. The van der Waals surface area contributed by atoms with Crippen molar-refractivity contribution in [1.82, 2.24) is 4.98 Å². The quantitative estimate of drug-likeness (QED) is 0.667.